The zero-order valence-corrected chi connectivity index (χ0v) is 23.1. The van der Waals surface area contributed by atoms with Crippen LogP contribution < -0.4 is 5.32 Å². The molecule has 4 atom stereocenters. The highest BCUT2D eigenvalue weighted by Crippen LogP contribution is 2.40. The van der Waals surface area contributed by atoms with Crippen LogP contribution in [0.1, 0.15) is 37.7 Å². The van der Waals surface area contributed by atoms with E-state index in [-0.39, 0.29) is 56.0 Å². The van der Waals surface area contributed by atoms with Crippen molar-refractivity contribution in [2.75, 3.05) is 39.0 Å². The minimum atomic E-state index is -4.53. The summed E-state index contributed by atoms with van der Waals surface area (Å²) in [5, 5.41) is 3.32. The Morgan fingerprint density at radius 1 is 1.23 bits per heavy atom. The maximum absolute atomic E-state index is 15.7. The zero-order chi connectivity index (χ0) is 29.2. The third-order valence-corrected chi connectivity index (χ3v) is 7.94. The summed E-state index contributed by atoms with van der Waals surface area (Å²) in [4.78, 5) is 28.6. The van der Waals surface area contributed by atoms with E-state index in [4.69, 9.17) is 11.6 Å². The number of nitrogens with one attached hydrogen (secondary N) is 1. The van der Waals surface area contributed by atoms with Gasteiger partial charge in [-0.1, -0.05) is 23.7 Å². The van der Waals surface area contributed by atoms with Gasteiger partial charge in [0.1, 0.15) is 5.82 Å². The zero-order valence-electron chi connectivity index (χ0n) is 21.5. The predicted molar refractivity (Wildman–Crippen MR) is 136 cm³/mol. The van der Waals surface area contributed by atoms with Crippen molar-refractivity contribution in [1.82, 2.24) is 15.1 Å². The summed E-state index contributed by atoms with van der Waals surface area (Å²) < 4.78 is 92.4. The van der Waals surface area contributed by atoms with Crippen molar-refractivity contribution in [2.45, 2.75) is 50.0 Å². The van der Waals surface area contributed by atoms with Crippen LogP contribution in [0.25, 0.3) is 0 Å². The lowest BCUT2D eigenvalue weighted by Gasteiger charge is -2.28. The van der Waals surface area contributed by atoms with Gasteiger partial charge in [0, 0.05) is 66.8 Å². The molecule has 2 heterocycles. The summed E-state index contributed by atoms with van der Waals surface area (Å²) >= 11 is 6.20. The molecule has 1 N–H and O–H groups in total. The average molecular weight is 600 g/mol. The van der Waals surface area contributed by atoms with Gasteiger partial charge in [-0.25, -0.2) is 17.2 Å². The Bertz CT molecular complexity index is 1190. The second kappa shape index (κ2) is 12.1. The van der Waals surface area contributed by atoms with Crippen LogP contribution in [0.4, 0.5) is 22.0 Å². The largest absolute Gasteiger partial charge is 0.401 e. The second-order valence-electron chi connectivity index (χ2n) is 10.2. The highest BCUT2D eigenvalue weighted by atomic mass is 35.5. The molecule has 2 aliphatic rings. The maximum atomic E-state index is 15.7. The first-order chi connectivity index (χ1) is 18.0. The minimum Gasteiger partial charge on any atom is -0.347 e. The quantitative estimate of drug-likeness (QED) is 0.482. The van der Waals surface area contributed by atoms with Crippen molar-refractivity contribution < 1.29 is 40.0 Å². The maximum Gasteiger partial charge on any atom is 0.401 e. The number of halogens is 6. The van der Waals surface area contributed by atoms with E-state index in [0.717, 1.165) is 22.6 Å². The van der Waals surface area contributed by atoms with Gasteiger partial charge in [-0.05, 0) is 31.9 Å². The summed E-state index contributed by atoms with van der Waals surface area (Å²) in [6.45, 7) is -0.428. The molecule has 39 heavy (non-hydrogen) atoms. The number of nitrogens with zero attached hydrogens (tertiary/aromatic N) is 2. The van der Waals surface area contributed by atoms with Crippen LogP contribution in [0.3, 0.4) is 0 Å². The van der Waals surface area contributed by atoms with E-state index in [2.05, 4.69) is 5.32 Å². The molecule has 1 aromatic carbocycles. The van der Waals surface area contributed by atoms with Gasteiger partial charge in [0.05, 0.1) is 12.5 Å². The third-order valence-electron chi connectivity index (χ3n) is 6.96. The molecule has 0 saturated carbocycles. The number of likely N-dealkylation sites (tertiary alicyclic amines) is 2. The van der Waals surface area contributed by atoms with Gasteiger partial charge in [-0.2, -0.15) is 13.2 Å². The topological polar surface area (TPSA) is 86.8 Å². The van der Waals surface area contributed by atoms with Crippen molar-refractivity contribution in [3.63, 3.8) is 0 Å². The van der Waals surface area contributed by atoms with Crippen LogP contribution in [0, 0.1) is 11.7 Å². The van der Waals surface area contributed by atoms with Gasteiger partial charge in [0.15, 0.2) is 15.5 Å². The summed E-state index contributed by atoms with van der Waals surface area (Å²) in [6, 6.07) is 3.12. The van der Waals surface area contributed by atoms with E-state index in [1.54, 1.807) is 0 Å². The van der Waals surface area contributed by atoms with Gasteiger partial charge < -0.3 is 10.2 Å². The van der Waals surface area contributed by atoms with Gasteiger partial charge in [0.25, 0.3) is 5.91 Å². The van der Waals surface area contributed by atoms with Crippen LogP contribution >= 0.6 is 11.6 Å². The molecule has 0 radical (unpaired) electrons. The van der Waals surface area contributed by atoms with Crippen molar-refractivity contribution in [2.24, 2.45) is 5.92 Å². The van der Waals surface area contributed by atoms with E-state index >= 15 is 4.39 Å². The number of hydrogen-bond acceptors (Lipinski definition) is 5. The third kappa shape index (κ3) is 8.37. The molecule has 2 saturated heterocycles. The molecule has 0 aromatic heterocycles. The van der Waals surface area contributed by atoms with Crippen molar-refractivity contribution in [1.29, 1.82) is 0 Å². The van der Waals surface area contributed by atoms with Crippen molar-refractivity contribution >= 4 is 33.3 Å². The first kappa shape index (κ1) is 31.3. The summed E-state index contributed by atoms with van der Waals surface area (Å²) in [6.07, 6.45) is -2.81. The number of benzene rings is 1. The van der Waals surface area contributed by atoms with Crippen LogP contribution in [0.15, 0.2) is 29.7 Å². The van der Waals surface area contributed by atoms with E-state index in [9.17, 15) is 35.6 Å². The molecule has 7 nitrogen and oxygen atoms in total. The van der Waals surface area contributed by atoms with Crippen molar-refractivity contribution in [3.05, 3.63) is 46.1 Å². The van der Waals surface area contributed by atoms with Crippen LogP contribution in [-0.2, 0) is 19.4 Å². The van der Waals surface area contributed by atoms with Gasteiger partial charge in [-0.3, -0.25) is 14.5 Å². The Morgan fingerprint density at radius 2 is 1.92 bits per heavy atom. The van der Waals surface area contributed by atoms with Gasteiger partial charge in [0.2, 0.25) is 5.91 Å². The van der Waals surface area contributed by atoms with Gasteiger partial charge in [-0.15, -0.1) is 0 Å². The van der Waals surface area contributed by atoms with Crippen LogP contribution in [0.2, 0.25) is 5.02 Å². The highest BCUT2D eigenvalue weighted by molar-refractivity contribution is 7.93. The molecule has 2 fully saturated rings. The lowest BCUT2D eigenvalue weighted by atomic mass is 9.87. The first-order valence-electron chi connectivity index (χ1n) is 12.4. The van der Waals surface area contributed by atoms with E-state index in [0.29, 0.717) is 0 Å². The Hall–Kier alpha value is -2.25. The van der Waals surface area contributed by atoms with Gasteiger partial charge >= 0.3 is 6.18 Å². The fourth-order valence-electron chi connectivity index (χ4n) is 5.10. The van der Waals surface area contributed by atoms with Crippen molar-refractivity contribution in [3.8, 4) is 0 Å². The second-order valence-corrected chi connectivity index (χ2v) is 12.6. The molecular weight excluding hydrogens is 569 g/mol. The summed E-state index contributed by atoms with van der Waals surface area (Å²) in [7, 11) is -3.44. The molecule has 3 rings (SSSR count). The normalized spacial score (nSPS) is 26.0. The standard InChI is InChI=1S/C25H31ClF5N3O4S/c1-16(7-12-39(2,37)38)32-23(36)24(28)8-4-10-34(11-9-24)22(35)18-14-33(15-25(29,30)31)13-17(18)21-19(26)5-3-6-20(21)27/h3,5-7,12,16-18H,4,8-11,13-15H2,1-2H3,(H,32,36)/b12-7-/t16-,17+,18-,24+/m0/s1. The molecule has 0 unspecified atom stereocenters. The Labute approximate surface area is 229 Å². The Morgan fingerprint density at radius 3 is 2.54 bits per heavy atom. The smallest absolute Gasteiger partial charge is 0.347 e. The summed E-state index contributed by atoms with van der Waals surface area (Å²) in [5.41, 5.74) is -2.37. The predicted octanol–water partition coefficient (Wildman–Crippen LogP) is 3.84. The lowest BCUT2D eigenvalue weighted by Crippen LogP contribution is -2.47. The number of carbonyl (C=O) groups excluding carboxylic acids is 2. The molecule has 2 amide bonds. The molecule has 0 bridgehead atoms. The average Bonchev–Trinajstić information content (AvgIpc) is 3.08. The SMILES string of the molecule is C[C@@H](/C=C\S(C)(=O)=O)NC(=O)[C@@]1(F)CCCN(C(=O)[C@H]2CN(CC(F)(F)F)C[C@H]2c2c(F)cccc2Cl)CC1. The molecule has 14 heteroatoms. The number of rotatable bonds is 7. The molecule has 0 spiro atoms. The monoisotopic (exact) mass is 599 g/mol. The molecule has 0 aliphatic carbocycles. The number of sulfone groups is 1. The highest BCUT2D eigenvalue weighted by Gasteiger charge is 2.47. The Kier molecular flexibility index (Phi) is 9.70. The lowest BCUT2D eigenvalue weighted by molar-refractivity contribution is -0.146. The Balaban J connectivity index is 1.76. The number of amides is 2. The number of alkyl halides is 4. The van der Waals surface area contributed by atoms with Crippen LogP contribution in [-0.4, -0.2) is 86.9 Å². The van der Waals surface area contributed by atoms with E-state index in [1.807, 2.05) is 0 Å². The molecule has 2 aliphatic heterocycles. The molecule has 1 aromatic rings. The number of carbonyl (C=O) groups is 2. The summed E-state index contributed by atoms with van der Waals surface area (Å²) in [5.74, 6) is -4.23. The fraction of sp³-hybridized carbons (Fsp3) is 0.600. The van der Waals surface area contributed by atoms with Crippen LogP contribution in [0.5, 0.6) is 0 Å². The molecular formula is C25H31ClF5N3O4S. The fourth-order valence-corrected chi connectivity index (χ4v) is 5.93. The van der Waals surface area contributed by atoms with E-state index in [1.165, 1.54) is 30.0 Å². The number of hydrogen-bond donors (Lipinski definition) is 1. The van der Waals surface area contributed by atoms with E-state index < -0.39 is 63.7 Å². The minimum absolute atomic E-state index is 0.000939. The first-order valence-corrected chi connectivity index (χ1v) is 14.7. The molecule has 218 valence electrons.